The highest BCUT2D eigenvalue weighted by Crippen LogP contribution is 2.19. The number of amides is 2. The molecule has 6 nitrogen and oxygen atoms in total. The van der Waals surface area contributed by atoms with Crippen LogP contribution in [0.5, 0.6) is 0 Å². The van der Waals surface area contributed by atoms with Crippen LogP contribution in [-0.4, -0.2) is 43.4 Å². The Balaban J connectivity index is 2.59. The first kappa shape index (κ1) is 16.0. The Kier molecular flexibility index (Phi) is 5.99. The number of anilines is 2. The molecule has 1 aromatic carbocycles. The summed E-state index contributed by atoms with van der Waals surface area (Å²) in [5, 5.41) is 5.29. The number of hydrogen-bond acceptors (Lipinski definition) is 4. The van der Waals surface area contributed by atoms with Crippen LogP contribution in [-0.2, 0) is 9.59 Å². The van der Waals surface area contributed by atoms with Crippen LogP contribution in [0.25, 0.3) is 0 Å². The molecule has 0 aliphatic rings. The van der Waals surface area contributed by atoms with Gasteiger partial charge in [-0.3, -0.25) is 14.5 Å². The molecule has 110 valence electrons. The summed E-state index contributed by atoms with van der Waals surface area (Å²) in [6, 6.07) is 5.46. The van der Waals surface area contributed by atoms with Crippen molar-refractivity contribution in [2.45, 2.75) is 13.8 Å². The molecule has 0 aromatic heterocycles. The van der Waals surface area contributed by atoms with E-state index in [0.717, 1.165) is 5.56 Å². The largest absolute Gasteiger partial charge is 0.397 e. The van der Waals surface area contributed by atoms with Crippen molar-refractivity contribution in [1.29, 1.82) is 0 Å². The maximum Gasteiger partial charge on any atom is 0.238 e. The van der Waals surface area contributed by atoms with Gasteiger partial charge in [0.05, 0.1) is 24.5 Å². The molecule has 0 heterocycles. The maximum atomic E-state index is 11.9. The maximum absolute atomic E-state index is 11.9. The first-order chi connectivity index (χ1) is 9.46. The Labute approximate surface area is 119 Å². The number of nitrogen functional groups attached to an aromatic ring is 1. The lowest BCUT2D eigenvalue weighted by Crippen LogP contribution is -2.40. The molecule has 0 saturated carbocycles. The molecule has 0 radical (unpaired) electrons. The lowest BCUT2D eigenvalue weighted by Gasteiger charge is -2.19. The van der Waals surface area contributed by atoms with Gasteiger partial charge in [0.1, 0.15) is 0 Å². The van der Waals surface area contributed by atoms with Crippen LogP contribution in [0.1, 0.15) is 12.5 Å². The van der Waals surface area contributed by atoms with Gasteiger partial charge in [0, 0.05) is 7.05 Å². The minimum Gasteiger partial charge on any atom is -0.397 e. The fraction of sp³-hybridized carbons (Fsp3) is 0.429. The van der Waals surface area contributed by atoms with Crippen LogP contribution < -0.4 is 16.4 Å². The van der Waals surface area contributed by atoms with Crippen LogP contribution in [0, 0.1) is 6.92 Å². The first-order valence-corrected chi connectivity index (χ1v) is 6.55. The average Bonchev–Trinajstić information content (AvgIpc) is 2.41. The molecule has 0 saturated heterocycles. The summed E-state index contributed by atoms with van der Waals surface area (Å²) in [5.74, 6) is -0.305. The second kappa shape index (κ2) is 7.49. The zero-order valence-corrected chi connectivity index (χ0v) is 12.2. The van der Waals surface area contributed by atoms with E-state index in [1.54, 1.807) is 24.1 Å². The van der Waals surface area contributed by atoms with Crippen molar-refractivity contribution in [1.82, 2.24) is 10.2 Å². The molecular formula is C14H22N4O2. The van der Waals surface area contributed by atoms with Gasteiger partial charge in [-0.1, -0.05) is 13.0 Å². The van der Waals surface area contributed by atoms with Gasteiger partial charge < -0.3 is 16.4 Å². The molecule has 0 bridgehead atoms. The summed E-state index contributed by atoms with van der Waals surface area (Å²) in [5.41, 5.74) is 8.01. The van der Waals surface area contributed by atoms with Crippen molar-refractivity contribution in [3.05, 3.63) is 23.8 Å². The number of nitrogens with two attached hydrogens (primary N) is 1. The van der Waals surface area contributed by atoms with Crippen LogP contribution in [0.2, 0.25) is 0 Å². The van der Waals surface area contributed by atoms with E-state index in [1.807, 2.05) is 19.9 Å². The van der Waals surface area contributed by atoms with E-state index in [-0.39, 0.29) is 24.9 Å². The molecule has 20 heavy (non-hydrogen) atoms. The van der Waals surface area contributed by atoms with Crippen LogP contribution in [0.3, 0.4) is 0 Å². The molecule has 0 spiro atoms. The zero-order chi connectivity index (χ0) is 15.1. The fourth-order valence-corrected chi connectivity index (χ4v) is 1.75. The van der Waals surface area contributed by atoms with Gasteiger partial charge in [-0.2, -0.15) is 0 Å². The monoisotopic (exact) mass is 278 g/mol. The van der Waals surface area contributed by atoms with Gasteiger partial charge >= 0.3 is 0 Å². The number of likely N-dealkylation sites (N-methyl/N-ethyl adjacent to an activating group) is 2. The number of nitrogens with one attached hydrogen (secondary N) is 2. The van der Waals surface area contributed by atoms with E-state index in [2.05, 4.69) is 10.6 Å². The van der Waals surface area contributed by atoms with Crippen molar-refractivity contribution in [3.8, 4) is 0 Å². The lowest BCUT2D eigenvalue weighted by atomic mass is 10.2. The van der Waals surface area contributed by atoms with Crippen molar-refractivity contribution in [2.24, 2.45) is 0 Å². The Hall–Kier alpha value is -2.08. The van der Waals surface area contributed by atoms with Crippen LogP contribution >= 0.6 is 0 Å². The molecule has 2 amide bonds. The number of carbonyl (C=O) groups is 2. The molecule has 0 unspecified atom stereocenters. The van der Waals surface area contributed by atoms with Crippen molar-refractivity contribution >= 4 is 23.2 Å². The highest BCUT2D eigenvalue weighted by molar-refractivity contribution is 5.95. The number of benzene rings is 1. The predicted molar refractivity (Wildman–Crippen MR) is 80.4 cm³/mol. The molecule has 1 rings (SSSR count). The van der Waals surface area contributed by atoms with Gasteiger partial charge in [0.15, 0.2) is 0 Å². The molecule has 1 aromatic rings. The Bertz CT molecular complexity index is 488. The number of nitrogens with zero attached hydrogens (tertiary/aromatic N) is 1. The van der Waals surface area contributed by atoms with Gasteiger partial charge in [0.25, 0.3) is 0 Å². The summed E-state index contributed by atoms with van der Waals surface area (Å²) < 4.78 is 0. The number of carbonyl (C=O) groups excluding carboxylic acids is 2. The average molecular weight is 278 g/mol. The topological polar surface area (TPSA) is 87.5 Å². The van der Waals surface area contributed by atoms with Crippen molar-refractivity contribution < 1.29 is 9.59 Å². The standard InChI is InChI=1S/C14H22N4O2/c1-4-18(8-13(19)16-3)9-14(20)17-12-6-5-10(2)7-11(12)15/h5-7H,4,8-9,15H2,1-3H3,(H,16,19)(H,17,20). The van der Waals surface area contributed by atoms with E-state index >= 15 is 0 Å². The van der Waals surface area contributed by atoms with Crippen molar-refractivity contribution in [3.63, 3.8) is 0 Å². The highest BCUT2D eigenvalue weighted by atomic mass is 16.2. The Morgan fingerprint density at radius 3 is 2.45 bits per heavy atom. The summed E-state index contributed by atoms with van der Waals surface area (Å²) in [6.07, 6.45) is 0. The highest BCUT2D eigenvalue weighted by Gasteiger charge is 2.13. The third kappa shape index (κ3) is 4.89. The molecular weight excluding hydrogens is 256 g/mol. The number of hydrogen-bond donors (Lipinski definition) is 3. The Morgan fingerprint density at radius 1 is 1.25 bits per heavy atom. The predicted octanol–water partition coefficient (Wildman–Crippen LogP) is 0.584. The van der Waals surface area contributed by atoms with E-state index < -0.39 is 0 Å². The van der Waals surface area contributed by atoms with E-state index in [1.165, 1.54) is 0 Å². The first-order valence-electron chi connectivity index (χ1n) is 6.55. The molecule has 0 fully saturated rings. The third-order valence-corrected chi connectivity index (χ3v) is 2.94. The van der Waals surface area contributed by atoms with E-state index in [0.29, 0.717) is 17.9 Å². The Morgan fingerprint density at radius 2 is 1.90 bits per heavy atom. The minimum atomic E-state index is -0.189. The minimum absolute atomic E-state index is 0.116. The van der Waals surface area contributed by atoms with Gasteiger partial charge in [-0.25, -0.2) is 0 Å². The van der Waals surface area contributed by atoms with Crippen LogP contribution in [0.4, 0.5) is 11.4 Å². The second-order valence-corrected chi connectivity index (χ2v) is 4.62. The van der Waals surface area contributed by atoms with Gasteiger partial charge in [0.2, 0.25) is 11.8 Å². The van der Waals surface area contributed by atoms with E-state index in [4.69, 9.17) is 5.73 Å². The second-order valence-electron chi connectivity index (χ2n) is 4.62. The van der Waals surface area contributed by atoms with E-state index in [9.17, 15) is 9.59 Å². The summed E-state index contributed by atoms with van der Waals surface area (Å²) >= 11 is 0. The summed E-state index contributed by atoms with van der Waals surface area (Å²) in [7, 11) is 1.57. The summed E-state index contributed by atoms with van der Waals surface area (Å²) in [6.45, 7) is 4.80. The van der Waals surface area contributed by atoms with Crippen LogP contribution in [0.15, 0.2) is 18.2 Å². The quantitative estimate of drug-likeness (QED) is 0.664. The summed E-state index contributed by atoms with van der Waals surface area (Å²) in [4.78, 5) is 25.0. The molecule has 6 heteroatoms. The fourth-order valence-electron chi connectivity index (χ4n) is 1.75. The normalized spacial score (nSPS) is 10.4. The zero-order valence-electron chi connectivity index (χ0n) is 12.2. The molecule has 0 aliphatic carbocycles. The third-order valence-electron chi connectivity index (χ3n) is 2.94. The lowest BCUT2D eigenvalue weighted by molar-refractivity contribution is -0.123. The van der Waals surface area contributed by atoms with Gasteiger partial charge in [-0.15, -0.1) is 0 Å². The SMILES string of the molecule is CCN(CC(=O)NC)CC(=O)Nc1ccc(C)cc1N. The van der Waals surface area contributed by atoms with Crippen molar-refractivity contribution in [2.75, 3.05) is 37.7 Å². The number of rotatable bonds is 6. The molecule has 4 N–H and O–H groups in total. The molecule has 0 aliphatic heterocycles. The smallest absolute Gasteiger partial charge is 0.238 e. The van der Waals surface area contributed by atoms with Gasteiger partial charge in [-0.05, 0) is 31.2 Å². The molecule has 0 atom stereocenters. The number of aryl methyl sites for hydroxylation is 1.